The Kier molecular flexibility index (Phi) is 12.5. The third-order valence-corrected chi connectivity index (χ3v) is 5.36. The molecule has 0 saturated heterocycles. The van der Waals surface area contributed by atoms with Crippen LogP contribution in [-0.2, 0) is 30.4 Å². The van der Waals surface area contributed by atoms with Crippen molar-refractivity contribution in [1.82, 2.24) is 16.0 Å². The fourth-order valence-electron chi connectivity index (χ4n) is 2.81. The summed E-state index contributed by atoms with van der Waals surface area (Å²) >= 11 is 1.52. The minimum Gasteiger partial charge on any atom is -0.508 e. The molecular weight excluding hydrogens is 466 g/mol. The van der Waals surface area contributed by atoms with Crippen LogP contribution in [0.2, 0.25) is 0 Å². The van der Waals surface area contributed by atoms with Gasteiger partial charge in [0.25, 0.3) is 0 Å². The van der Waals surface area contributed by atoms with Crippen LogP contribution in [0.1, 0.15) is 24.8 Å². The van der Waals surface area contributed by atoms with Crippen molar-refractivity contribution >= 4 is 41.4 Å². The quantitative estimate of drug-likeness (QED) is 0.149. The fourth-order valence-corrected chi connectivity index (χ4v) is 3.30. The zero-order chi connectivity index (χ0) is 25.7. The van der Waals surface area contributed by atoms with E-state index >= 15 is 0 Å². The minimum absolute atomic E-state index is 0.0360. The van der Waals surface area contributed by atoms with E-state index in [1.165, 1.54) is 23.9 Å². The Bertz CT molecular complexity index is 866. The number of benzene rings is 1. The van der Waals surface area contributed by atoms with Gasteiger partial charge in [0.2, 0.25) is 23.6 Å². The average molecular weight is 498 g/mol. The first-order valence-corrected chi connectivity index (χ1v) is 11.8. The first-order valence-electron chi connectivity index (χ1n) is 10.4. The lowest BCUT2D eigenvalue weighted by Crippen LogP contribution is -2.54. The van der Waals surface area contributed by atoms with Crippen LogP contribution in [0.15, 0.2) is 24.3 Å². The Morgan fingerprint density at radius 3 is 2.21 bits per heavy atom. The molecule has 1 aromatic rings. The van der Waals surface area contributed by atoms with Gasteiger partial charge in [0.05, 0.1) is 12.6 Å². The van der Waals surface area contributed by atoms with Gasteiger partial charge >= 0.3 is 5.97 Å². The number of amides is 4. The van der Waals surface area contributed by atoms with E-state index in [0.717, 1.165) is 0 Å². The molecular formula is C21H31N5O7S. The monoisotopic (exact) mass is 497 g/mol. The summed E-state index contributed by atoms with van der Waals surface area (Å²) in [4.78, 5) is 59.4. The summed E-state index contributed by atoms with van der Waals surface area (Å²) in [5.41, 5.74) is 11.5. The lowest BCUT2D eigenvalue weighted by Gasteiger charge is -2.21. The number of aliphatic carboxylic acids is 1. The molecule has 9 N–H and O–H groups in total. The SMILES string of the molecule is CSCCC(N)C(=O)NC(Cc1ccc(O)cc1)C(=O)NCC(=O)NC(CCC(N)=O)C(=O)O. The Balaban J connectivity index is 2.80. The van der Waals surface area contributed by atoms with Gasteiger partial charge in [-0.25, -0.2) is 4.79 Å². The molecule has 1 aromatic carbocycles. The molecule has 0 heterocycles. The zero-order valence-corrected chi connectivity index (χ0v) is 19.6. The summed E-state index contributed by atoms with van der Waals surface area (Å²) in [6, 6.07) is 2.78. The predicted octanol–water partition coefficient (Wildman–Crippen LogP) is -1.55. The molecule has 0 spiro atoms. The number of phenolic OH excluding ortho intramolecular Hbond substituents is 1. The van der Waals surface area contributed by atoms with Crippen LogP contribution >= 0.6 is 11.8 Å². The average Bonchev–Trinajstić information content (AvgIpc) is 2.78. The molecule has 0 aliphatic heterocycles. The Labute approximate surface area is 201 Å². The molecule has 4 amide bonds. The number of thioether (sulfide) groups is 1. The van der Waals surface area contributed by atoms with Crippen LogP contribution in [0.25, 0.3) is 0 Å². The highest BCUT2D eigenvalue weighted by atomic mass is 32.2. The normalized spacial score (nSPS) is 13.2. The molecule has 3 unspecified atom stereocenters. The molecule has 0 aliphatic carbocycles. The van der Waals surface area contributed by atoms with Gasteiger partial charge in [-0.3, -0.25) is 19.2 Å². The third-order valence-electron chi connectivity index (χ3n) is 4.71. The van der Waals surface area contributed by atoms with Crippen molar-refractivity contribution in [1.29, 1.82) is 0 Å². The van der Waals surface area contributed by atoms with E-state index in [9.17, 15) is 29.1 Å². The van der Waals surface area contributed by atoms with Gasteiger partial charge < -0.3 is 37.6 Å². The summed E-state index contributed by atoms with van der Waals surface area (Å²) in [7, 11) is 0. The topological polar surface area (TPSA) is 214 Å². The van der Waals surface area contributed by atoms with Gasteiger partial charge in [-0.2, -0.15) is 11.8 Å². The first kappa shape index (κ1) is 28.7. The molecule has 1 rings (SSSR count). The van der Waals surface area contributed by atoms with Crippen LogP contribution in [0.3, 0.4) is 0 Å². The number of aromatic hydroxyl groups is 1. The molecule has 3 atom stereocenters. The van der Waals surface area contributed by atoms with Gasteiger partial charge in [-0.1, -0.05) is 12.1 Å². The third kappa shape index (κ3) is 11.0. The molecule has 13 heteroatoms. The van der Waals surface area contributed by atoms with Crippen LogP contribution in [0.5, 0.6) is 5.75 Å². The second-order valence-corrected chi connectivity index (χ2v) is 8.49. The van der Waals surface area contributed by atoms with Crippen LogP contribution in [0, 0.1) is 0 Å². The number of rotatable bonds is 15. The van der Waals surface area contributed by atoms with Crippen molar-refractivity contribution in [3.63, 3.8) is 0 Å². The standard InChI is InChI=1S/C21H31N5O7S/c1-34-9-8-14(22)19(30)26-16(10-12-2-4-13(27)5-3-12)20(31)24-11-18(29)25-15(21(32)33)6-7-17(23)28/h2-5,14-16,27H,6-11,22H2,1H3,(H2,23,28)(H,24,31)(H,25,29)(H,26,30)(H,32,33). The van der Waals surface area contributed by atoms with Crippen molar-refractivity contribution in [2.45, 2.75) is 43.8 Å². The van der Waals surface area contributed by atoms with Crippen LogP contribution in [0.4, 0.5) is 0 Å². The molecule has 0 saturated carbocycles. The van der Waals surface area contributed by atoms with Crippen molar-refractivity contribution in [2.75, 3.05) is 18.6 Å². The number of primary amides is 1. The number of nitrogens with one attached hydrogen (secondary N) is 3. The number of hydrogen-bond acceptors (Lipinski definition) is 8. The largest absolute Gasteiger partial charge is 0.508 e. The second kappa shape index (κ2) is 14.8. The molecule has 0 bridgehead atoms. The Morgan fingerprint density at radius 1 is 1.00 bits per heavy atom. The summed E-state index contributed by atoms with van der Waals surface area (Å²) in [5, 5.41) is 25.8. The molecule has 0 fully saturated rings. The van der Waals surface area contributed by atoms with E-state index in [1.54, 1.807) is 12.1 Å². The highest BCUT2D eigenvalue weighted by Gasteiger charge is 2.25. The number of phenols is 1. The Hall–Kier alpha value is -3.32. The molecule has 0 aromatic heterocycles. The van der Waals surface area contributed by atoms with E-state index in [2.05, 4.69) is 16.0 Å². The van der Waals surface area contributed by atoms with E-state index in [0.29, 0.717) is 17.7 Å². The van der Waals surface area contributed by atoms with Gasteiger partial charge in [0, 0.05) is 12.8 Å². The van der Waals surface area contributed by atoms with Crippen LogP contribution in [-0.4, -0.2) is 76.5 Å². The number of hydrogen-bond donors (Lipinski definition) is 7. The highest BCUT2D eigenvalue weighted by Crippen LogP contribution is 2.12. The van der Waals surface area contributed by atoms with Gasteiger partial charge in [0.1, 0.15) is 17.8 Å². The molecule has 34 heavy (non-hydrogen) atoms. The molecule has 12 nitrogen and oxygen atoms in total. The molecule has 0 aliphatic rings. The highest BCUT2D eigenvalue weighted by molar-refractivity contribution is 7.98. The number of carboxylic acid groups (broad SMARTS) is 1. The lowest BCUT2D eigenvalue weighted by molar-refractivity contribution is -0.142. The summed E-state index contributed by atoms with van der Waals surface area (Å²) < 4.78 is 0. The van der Waals surface area contributed by atoms with Crippen molar-refractivity contribution in [3.05, 3.63) is 29.8 Å². The number of carboxylic acids is 1. The Morgan fingerprint density at radius 2 is 1.65 bits per heavy atom. The summed E-state index contributed by atoms with van der Waals surface area (Å²) in [5.74, 6) is -3.38. The van der Waals surface area contributed by atoms with Crippen molar-refractivity contribution in [2.24, 2.45) is 11.5 Å². The second-order valence-electron chi connectivity index (χ2n) is 7.50. The van der Waals surface area contributed by atoms with E-state index < -0.39 is 54.3 Å². The number of carbonyl (C=O) groups excluding carboxylic acids is 4. The lowest BCUT2D eigenvalue weighted by atomic mass is 10.0. The predicted molar refractivity (Wildman–Crippen MR) is 126 cm³/mol. The summed E-state index contributed by atoms with van der Waals surface area (Å²) in [6.45, 7) is -0.556. The fraction of sp³-hybridized carbons (Fsp3) is 0.476. The smallest absolute Gasteiger partial charge is 0.326 e. The van der Waals surface area contributed by atoms with Gasteiger partial charge in [0.15, 0.2) is 0 Å². The van der Waals surface area contributed by atoms with Crippen molar-refractivity contribution < 1.29 is 34.2 Å². The maximum absolute atomic E-state index is 12.7. The first-order chi connectivity index (χ1) is 16.0. The van der Waals surface area contributed by atoms with Gasteiger partial charge in [-0.05, 0) is 42.5 Å². The minimum atomic E-state index is -1.35. The van der Waals surface area contributed by atoms with E-state index in [-0.39, 0.29) is 25.0 Å². The molecule has 188 valence electrons. The summed E-state index contributed by atoms with van der Waals surface area (Å²) in [6.07, 6.45) is 1.91. The van der Waals surface area contributed by atoms with Crippen molar-refractivity contribution in [3.8, 4) is 5.75 Å². The van der Waals surface area contributed by atoms with E-state index in [4.69, 9.17) is 16.6 Å². The molecule has 0 radical (unpaired) electrons. The zero-order valence-electron chi connectivity index (χ0n) is 18.8. The number of nitrogens with two attached hydrogens (primary N) is 2. The van der Waals surface area contributed by atoms with Crippen LogP contribution < -0.4 is 27.4 Å². The maximum Gasteiger partial charge on any atom is 0.326 e. The number of carbonyl (C=O) groups is 5. The maximum atomic E-state index is 12.7. The van der Waals surface area contributed by atoms with E-state index in [1.807, 2.05) is 6.26 Å². The van der Waals surface area contributed by atoms with Gasteiger partial charge in [-0.15, -0.1) is 0 Å².